The molecule has 1 N–H and O–H groups in total. The van der Waals surface area contributed by atoms with E-state index in [-0.39, 0.29) is 12.3 Å². The fraction of sp³-hybridized carbons (Fsp3) is 0.333. The molecule has 108 valence electrons. The number of aromatic nitrogens is 3. The van der Waals surface area contributed by atoms with Crippen molar-refractivity contribution in [1.29, 1.82) is 0 Å². The summed E-state index contributed by atoms with van der Waals surface area (Å²) in [5.41, 5.74) is 3.09. The van der Waals surface area contributed by atoms with E-state index < -0.39 is 0 Å². The van der Waals surface area contributed by atoms with E-state index >= 15 is 0 Å². The van der Waals surface area contributed by atoms with Gasteiger partial charge >= 0.3 is 0 Å². The molecular weight excluding hydrogens is 379 g/mol. The van der Waals surface area contributed by atoms with Crippen molar-refractivity contribution in [1.82, 2.24) is 15.2 Å². The van der Waals surface area contributed by atoms with Gasteiger partial charge in [0.2, 0.25) is 5.91 Å². The summed E-state index contributed by atoms with van der Waals surface area (Å²) < 4.78 is 0.792. The third-order valence-electron chi connectivity index (χ3n) is 3.32. The Morgan fingerprint density at radius 3 is 2.81 bits per heavy atom. The lowest BCUT2D eigenvalue weighted by Gasteiger charge is -2.07. The fourth-order valence-electron chi connectivity index (χ4n) is 2.24. The van der Waals surface area contributed by atoms with E-state index in [0.717, 1.165) is 15.1 Å². The zero-order chi connectivity index (χ0) is 14.8. The summed E-state index contributed by atoms with van der Waals surface area (Å²) >= 11 is 2.07. The van der Waals surface area contributed by atoms with Crippen molar-refractivity contribution in [3.63, 3.8) is 0 Å². The number of pyridine rings is 1. The van der Waals surface area contributed by atoms with Gasteiger partial charge in [-0.15, -0.1) is 10.2 Å². The summed E-state index contributed by atoms with van der Waals surface area (Å²) in [4.78, 5) is 16.5. The zero-order valence-electron chi connectivity index (χ0n) is 11.6. The van der Waals surface area contributed by atoms with Crippen LogP contribution < -0.4 is 5.32 Å². The van der Waals surface area contributed by atoms with Crippen molar-refractivity contribution < 1.29 is 4.79 Å². The summed E-state index contributed by atoms with van der Waals surface area (Å²) in [6, 6.07) is 7.71. The highest BCUT2D eigenvalue weighted by Gasteiger charge is 2.24. The minimum atomic E-state index is -0.120. The Morgan fingerprint density at radius 1 is 1.33 bits per heavy atom. The van der Waals surface area contributed by atoms with Gasteiger partial charge in [-0.05, 0) is 78.1 Å². The molecule has 1 amide bonds. The number of nitrogens with zero attached hydrogens (tertiary/aromatic N) is 3. The summed E-state index contributed by atoms with van der Waals surface area (Å²) in [5.74, 6) is 1.01. The quantitative estimate of drug-likeness (QED) is 0.810. The number of carbonyl (C=O) groups excluding carboxylic acids is 1. The molecule has 1 aliphatic carbocycles. The lowest BCUT2D eigenvalue weighted by molar-refractivity contribution is -0.115. The Bertz CT molecular complexity index is 668. The van der Waals surface area contributed by atoms with Crippen LogP contribution in [0.3, 0.4) is 0 Å². The highest BCUT2D eigenvalue weighted by Crippen LogP contribution is 2.40. The lowest BCUT2D eigenvalue weighted by atomic mass is 10.1. The van der Waals surface area contributed by atoms with Crippen LogP contribution in [0.2, 0.25) is 0 Å². The van der Waals surface area contributed by atoms with E-state index in [1.807, 2.05) is 13.0 Å². The first-order chi connectivity index (χ1) is 10.1. The number of nitrogens with one attached hydrogen (secondary N) is 1. The molecule has 1 saturated carbocycles. The normalized spacial score (nSPS) is 14.0. The van der Waals surface area contributed by atoms with Crippen LogP contribution in [0.5, 0.6) is 0 Å². The number of rotatable bonds is 4. The topological polar surface area (TPSA) is 67.8 Å². The highest BCUT2D eigenvalue weighted by molar-refractivity contribution is 14.1. The maximum Gasteiger partial charge on any atom is 0.231 e. The fourth-order valence-corrected chi connectivity index (χ4v) is 2.53. The highest BCUT2D eigenvalue weighted by atomic mass is 127. The van der Waals surface area contributed by atoms with Crippen molar-refractivity contribution in [3.05, 3.63) is 44.9 Å². The summed E-state index contributed by atoms with van der Waals surface area (Å²) in [6.45, 7) is 1.97. The molecule has 2 heterocycles. The molecule has 2 aromatic rings. The molecule has 0 atom stereocenters. The van der Waals surface area contributed by atoms with E-state index in [0.29, 0.717) is 11.7 Å². The Morgan fingerprint density at radius 2 is 2.14 bits per heavy atom. The smallest absolute Gasteiger partial charge is 0.231 e. The largest absolute Gasteiger partial charge is 0.309 e. The van der Waals surface area contributed by atoms with Crippen molar-refractivity contribution in [2.24, 2.45) is 0 Å². The molecule has 21 heavy (non-hydrogen) atoms. The first-order valence-electron chi connectivity index (χ1n) is 6.87. The Balaban J connectivity index is 1.68. The third kappa shape index (κ3) is 3.96. The van der Waals surface area contributed by atoms with E-state index in [1.54, 1.807) is 12.1 Å². The Kier molecular flexibility index (Phi) is 4.14. The van der Waals surface area contributed by atoms with Gasteiger partial charge in [0.15, 0.2) is 5.82 Å². The van der Waals surface area contributed by atoms with Crippen LogP contribution in [0.4, 0.5) is 5.82 Å². The number of amides is 1. The van der Waals surface area contributed by atoms with Crippen LogP contribution in [0.15, 0.2) is 24.3 Å². The molecule has 0 spiro atoms. The molecule has 0 aliphatic heterocycles. The molecular formula is C15H15IN4O. The SMILES string of the molecule is Cc1cc(C2CC2)cc(CC(=O)Nc2ccc(I)nn2)n1. The molecule has 0 saturated heterocycles. The standard InChI is InChI=1S/C15H15IN4O/c1-9-6-11(10-2-3-10)7-12(17-9)8-15(21)18-14-5-4-13(16)19-20-14/h4-7,10H,2-3,8H2,1H3,(H,18,20,21). The van der Waals surface area contributed by atoms with E-state index in [2.05, 4.69) is 49.2 Å². The summed E-state index contributed by atoms with van der Waals surface area (Å²) in [6.07, 6.45) is 2.75. The average Bonchev–Trinajstić information content (AvgIpc) is 3.25. The van der Waals surface area contributed by atoms with Gasteiger partial charge in [-0.3, -0.25) is 9.78 Å². The molecule has 1 aliphatic rings. The molecule has 0 bridgehead atoms. The van der Waals surface area contributed by atoms with Crippen molar-refractivity contribution in [2.75, 3.05) is 5.32 Å². The number of hydrogen-bond donors (Lipinski definition) is 1. The van der Waals surface area contributed by atoms with Gasteiger partial charge < -0.3 is 5.32 Å². The lowest BCUT2D eigenvalue weighted by Crippen LogP contribution is -2.16. The van der Waals surface area contributed by atoms with Crippen LogP contribution in [-0.4, -0.2) is 21.1 Å². The van der Waals surface area contributed by atoms with Gasteiger partial charge in [0.25, 0.3) is 0 Å². The van der Waals surface area contributed by atoms with E-state index in [1.165, 1.54) is 18.4 Å². The molecule has 1 fully saturated rings. The van der Waals surface area contributed by atoms with Crippen LogP contribution in [0, 0.1) is 10.6 Å². The van der Waals surface area contributed by atoms with Crippen molar-refractivity contribution in [2.45, 2.75) is 32.1 Å². The molecule has 0 unspecified atom stereocenters. The molecule has 0 aromatic carbocycles. The second kappa shape index (κ2) is 6.05. The van der Waals surface area contributed by atoms with Gasteiger partial charge in [0.05, 0.1) is 12.1 Å². The molecule has 5 nitrogen and oxygen atoms in total. The Hall–Kier alpha value is -1.57. The van der Waals surface area contributed by atoms with Gasteiger partial charge in [0, 0.05) is 5.69 Å². The summed E-state index contributed by atoms with van der Waals surface area (Å²) in [5, 5.41) is 10.6. The maximum absolute atomic E-state index is 12.1. The van der Waals surface area contributed by atoms with E-state index in [4.69, 9.17) is 0 Å². The van der Waals surface area contributed by atoms with Gasteiger partial charge in [-0.25, -0.2) is 0 Å². The van der Waals surface area contributed by atoms with Crippen molar-refractivity contribution in [3.8, 4) is 0 Å². The van der Waals surface area contributed by atoms with Gasteiger partial charge in [-0.1, -0.05) is 0 Å². The summed E-state index contributed by atoms with van der Waals surface area (Å²) in [7, 11) is 0. The average molecular weight is 394 g/mol. The second-order valence-electron chi connectivity index (χ2n) is 5.27. The number of hydrogen-bond acceptors (Lipinski definition) is 4. The molecule has 0 radical (unpaired) electrons. The zero-order valence-corrected chi connectivity index (χ0v) is 13.8. The number of aryl methyl sites for hydroxylation is 1. The van der Waals surface area contributed by atoms with Crippen LogP contribution in [0.25, 0.3) is 0 Å². The van der Waals surface area contributed by atoms with Gasteiger partial charge in [-0.2, -0.15) is 0 Å². The molecule has 3 rings (SSSR count). The molecule has 6 heteroatoms. The molecule has 2 aromatic heterocycles. The van der Waals surface area contributed by atoms with Crippen LogP contribution >= 0.6 is 22.6 Å². The number of anilines is 1. The first-order valence-corrected chi connectivity index (χ1v) is 7.94. The third-order valence-corrected chi connectivity index (χ3v) is 3.89. The Labute approximate surface area is 136 Å². The predicted molar refractivity (Wildman–Crippen MR) is 88.0 cm³/mol. The second-order valence-corrected chi connectivity index (χ2v) is 6.38. The predicted octanol–water partition coefficient (Wildman–Crippen LogP) is 2.84. The monoisotopic (exact) mass is 394 g/mol. The maximum atomic E-state index is 12.1. The van der Waals surface area contributed by atoms with E-state index in [9.17, 15) is 4.79 Å². The first kappa shape index (κ1) is 14.4. The minimum Gasteiger partial charge on any atom is -0.309 e. The van der Waals surface area contributed by atoms with Crippen LogP contribution in [0.1, 0.15) is 35.7 Å². The number of halogens is 1. The number of carbonyl (C=O) groups is 1. The minimum absolute atomic E-state index is 0.120. The van der Waals surface area contributed by atoms with Crippen molar-refractivity contribution >= 4 is 34.3 Å². The van der Waals surface area contributed by atoms with Gasteiger partial charge in [0.1, 0.15) is 3.70 Å². The van der Waals surface area contributed by atoms with Crippen LogP contribution in [-0.2, 0) is 11.2 Å².